The maximum absolute atomic E-state index is 12.9. The number of halogens is 2. The van der Waals surface area contributed by atoms with Crippen LogP contribution in [-0.4, -0.2) is 37.3 Å². The molecule has 0 saturated carbocycles. The highest BCUT2D eigenvalue weighted by Crippen LogP contribution is 2.36. The molecular formula is C16H12BrFN6O2. The second-order valence-electron chi connectivity index (χ2n) is 5.56. The molecule has 0 aliphatic carbocycles. The number of hydrogen-bond acceptors (Lipinski definition) is 6. The van der Waals surface area contributed by atoms with Crippen molar-refractivity contribution in [2.75, 3.05) is 16.8 Å². The maximum Gasteiger partial charge on any atom is 0.245 e. The molecule has 3 aromatic rings. The van der Waals surface area contributed by atoms with E-state index in [1.54, 1.807) is 29.1 Å². The third-order valence-corrected chi connectivity index (χ3v) is 4.24. The summed E-state index contributed by atoms with van der Waals surface area (Å²) in [5, 5.41) is 17.6. The molecule has 1 unspecified atom stereocenters. The minimum absolute atomic E-state index is 0.160. The van der Waals surface area contributed by atoms with E-state index in [4.69, 9.17) is 0 Å². The van der Waals surface area contributed by atoms with Crippen LogP contribution in [0.15, 0.2) is 47.3 Å². The van der Waals surface area contributed by atoms with Crippen molar-refractivity contribution in [2.45, 2.75) is 6.23 Å². The van der Waals surface area contributed by atoms with Gasteiger partial charge in [-0.15, -0.1) is 0 Å². The fraction of sp³-hybridized carbons (Fsp3) is 0.125. The van der Waals surface area contributed by atoms with Crippen LogP contribution in [0.4, 0.5) is 16.0 Å². The molecule has 4 rings (SSSR count). The number of rotatable bonds is 3. The van der Waals surface area contributed by atoms with Crippen molar-refractivity contribution in [1.82, 2.24) is 19.7 Å². The van der Waals surface area contributed by atoms with Crippen molar-refractivity contribution >= 4 is 33.5 Å². The molecule has 1 aliphatic rings. The predicted molar refractivity (Wildman–Crippen MR) is 94.2 cm³/mol. The van der Waals surface area contributed by atoms with Crippen LogP contribution in [0.5, 0.6) is 0 Å². The molecule has 10 heteroatoms. The van der Waals surface area contributed by atoms with Crippen molar-refractivity contribution in [1.29, 1.82) is 0 Å². The number of aliphatic hydroxyl groups excluding tert-OH is 1. The number of nitrogens with one attached hydrogen (secondary N) is 1. The number of hydrogen-bond donors (Lipinski definition) is 2. The normalized spacial score (nSPS) is 15.3. The lowest BCUT2D eigenvalue weighted by Gasteiger charge is -2.34. The smallest absolute Gasteiger partial charge is 0.245 e. The van der Waals surface area contributed by atoms with Gasteiger partial charge >= 0.3 is 0 Å². The van der Waals surface area contributed by atoms with E-state index in [0.29, 0.717) is 21.8 Å². The van der Waals surface area contributed by atoms with Crippen LogP contribution in [0, 0.1) is 5.82 Å². The molecule has 1 atom stereocenters. The van der Waals surface area contributed by atoms with Gasteiger partial charge in [-0.2, -0.15) is 9.78 Å². The second-order valence-corrected chi connectivity index (χ2v) is 6.38. The summed E-state index contributed by atoms with van der Waals surface area (Å²) >= 11 is 3.30. The molecule has 0 radical (unpaired) electrons. The number of carbonyl (C=O) groups is 1. The summed E-state index contributed by atoms with van der Waals surface area (Å²) in [4.78, 5) is 21.9. The van der Waals surface area contributed by atoms with E-state index >= 15 is 0 Å². The predicted octanol–water partition coefficient (Wildman–Crippen LogP) is 2.01. The van der Waals surface area contributed by atoms with Crippen LogP contribution in [0.3, 0.4) is 0 Å². The quantitative estimate of drug-likeness (QED) is 0.675. The largest absolute Gasteiger partial charge is 0.369 e. The zero-order chi connectivity index (χ0) is 18.3. The van der Waals surface area contributed by atoms with Crippen LogP contribution in [0.2, 0.25) is 0 Å². The first-order valence-electron chi connectivity index (χ1n) is 7.60. The van der Waals surface area contributed by atoms with Crippen LogP contribution in [0.1, 0.15) is 11.8 Å². The highest BCUT2D eigenvalue weighted by atomic mass is 79.9. The number of fused-ring (bicyclic) bond motifs is 3. The van der Waals surface area contributed by atoms with Crippen molar-refractivity contribution in [3.05, 3.63) is 58.7 Å². The highest BCUT2D eigenvalue weighted by Gasteiger charge is 2.33. The van der Waals surface area contributed by atoms with E-state index in [1.165, 1.54) is 17.0 Å². The van der Waals surface area contributed by atoms with E-state index in [9.17, 15) is 14.3 Å². The molecule has 1 aliphatic heterocycles. The first-order chi connectivity index (χ1) is 12.5. The SMILES string of the molecule is O=C(CN1c2cc(Br)nn2-c2ncccc2C1O)Nc1ccc(F)cn1. The minimum atomic E-state index is -1.07. The lowest BCUT2D eigenvalue weighted by atomic mass is 10.1. The Kier molecular flexibility index (Phi) is 4.13. The summed E-state index contributed by atoms with van der Waals surface area (Å²) in [5.74, 6) is 0.321. The molecule has 4 heterocycles. The first kappa shape index (κ1) is 16.6. The Morgan fingerprint density at radius 1 is 1.35 bits per heavy atom. The summed E-state index contributed by atoms with van der Waals surface area (Å²) in [7, 11) is 0. The van der Waals surface area contributed by atoms with Gasteiger partial charge in [0.25, 0.3) is 0 Å². The number of pyridine rings is 2. The Labute approximate surface area is 155 Å². The average molecular weight is 419 g/mol. The third-order valence-electron chi connectivity index (χ3n) is 3.85. The van der Waals surface area contributed by atoms with Gasteiger partial charge in [-0.05, 0) is 40.2 Å². The minimum Gasteiger partial charge on any atom is -0.369 e. The van der Waals surface area contributed by atoms with Gasteiger partial charge in [-0.3, -0.25) is 4.79 Å². The highest BCUT2D eigenvalue weighted by molar-refractivity contribution is 9.10. The molecule has 0 saturated heterocycles. The molecule has 3 aromatic heterocycles. The van der Waals surface area contributed by atoms with Gasteiger partial charge in [-0.1, -0.05) is 0 Å². The fourth-order valence-corrected chi connectivity index (χ4v) is 3.10. The standard InChI is InChI=1S/C16H12BrFN6O2/c17-11-6-14-23(8-13(25)21-12-4-3-9(18)7-20-12)16(26)10-2-1-5-19-15(10)24(14)22-11/h1-7,16,26H,8H2,(H,20,21,25). The second kappa shape index (κ2) is 6.46. The maximum atomic E-state index is 12.9. The van der Waals surface area contributed by atoms with E-state index in [0.717, 1.165) is 6.20 Å². The zero-order valence-electron chi connectivity index (χ0n) is 13.2. The molecule has 2 N–H and O–H groups in total. The summed E-state index contributed by atoms with van der Waals surface area (Å²) < 4.78 is 15.0. The van der Waals surface area contributed by atoms with Crippen LogP contribution in [-0.2, 0) is 4.79 Å². The average Bonchev–Trinajstić information content (AvgIpc) is 3.02. The first-order valence-corrected chi connectivity index (χ1v) is 8.39. The molecule has 0 fully saturated rings. The molecule has 26 heavy (non-hydrogen) atoms. The van der Waals surface area contributed by atoms with E-state index in [1.807, 2.05) is 0 Å². The topological polar surface area (TPSA) is 96.2 Å². The third kappa shape index (κ3) is 2.93. The monoisotopic (exact) mass is 418 g/mol. The van der Waals surface area contributed by atoms with Gasteiger partial charge in [-0.25, -0.2) is 14.4 Å². The number of nitrogens with zero attached hydrogens (tertiary/aromatic N) is 5. The number of anilines is 2. The molecule has 1 amide bonds. The Bertz CT molecular complexity index is 977. The summed E-state index contributed by atoms with van der Waals surface area (Å²) in [6.45, 7) is -0.160. The molecule has 8 nitrogen and oxygen atoms in total. The van der Waals surface area contributed by atoms with E-state index < -0.39 is 18.0 Å². The van der Waals surface area contributed by atoms with Crippen LogP contribution >= 0.6 is 15.9 Å². The fourth-order valence-electron chi connectivity index (χ4n) is 2.74. The van der Waals surface area contributed by atoms with Gasteiger partial charge in [0.05, 0.1) is 6.20 Å². The summed E-state index contributed by atoms with van der Waals surface area (Å²) in [6, 6.07) is 7.67. The van der Waals surface area contributed by atoms with E-state index in [2.05, 4.69) is 36.3 Å². The van der Waals surface area contributed by atoms with Gasteiger partial charge < -0.3 is 15.3 Å². The van der Waals surface area contributed by atoms with Crippen LogP contribution in [0.25, 0.3) is 5.82 Å². The van der Waals surface area contributed by atoms with Gasteiger partial charge in [0, 0.05) is 17.8 Å². The molecule has 132 valence electrons. The van der Waals surface area contributed by atoms with Gasteiger partial charge in [0.1, 0.15) is 28.6 Å². The number of aromatic nitrogens is 4. The molecular weight excluding hydrogens is 407 g/mol. The number of carbonyl (C=O) groups excluding carboxylic acids is 1. The number of aliphatic hydroxyl groups is 1. The molecule has 0 bridgehead atoms. The van der Waals surface area contributed by atoms with Gasteiger partial charge in [0.15, 0.2) is 12.0 Å². The van der Waals surface area contributed by atoms with Crippen molar-refractivity contribution in [2.24, 2.45) is 0 Å². The molecule has 0 aromatic carbocycles. The summed E-state index contributed by atoms with van der Waals surface area (Å²) in [6.07, 6.45) is 1.55. The van der Waals surface area contributed by atoms with Crippen LogP contribution < -0.4 is 10.2 Å². The van der Waals surface area contributed by atoms with Crippen molar-refractivity contribution in [3.63, 3.8) is 0 Å². The number of amides is 1. The zero-order valence-corrected chi connectivity index (χ0v) is 14.8. The van der Waals surface area contributed by atoms with E-state index in [-0.39, 0.29) is 12.4 Å². The Morgan fingerprint density at radius 2 is 2.19 bits per heavy atom. The Hall–Kier alpha value is -2.85. The Morgan fingerprint density at radius 3 is 2.96 bits per heavy atom. The lowest BCUT2D eigenvalue weighted by molar-refractivity contribution is -0.115. The lowest BCUT2D eigenvalue weighted by Crippen LogP contribution is -2.40. The summed E-state index contributed by atoms with van der Waals surface area (Å²) in [5.41, 5.74) is 0.531. The van der Waals surface area contributed by atoms with Crippen molar-refractivity contribution < 1.29 is 14.3 Å². The molecule has 0 spiro atoms. The van der Waals surface area contributed by atoms with Crippen molar-refractivity contribution in [3.8, 4) is 5.82 Å². The Balaban J connectivity index is 1.62. The van der Waals surface area contributed by atoms with Gasteiger partial charge in [0.2, 0.25) is 5.91 Å².